The number of benzene rings is 4. The summed E-state index contributed by atoms with van der Waals surface area (Å²) in [6.07, 6.45) is 0. The summed E-state index contributed by atoms with van der Waals surface area (Å²) in [5.41, 5.74) is 3.12. The molecule has 2 heterocycles. The van der Waals surface area contributed by atoms with Crippen LogP contribution >= 0.6 is 15.9 Å². The number of amides is 1. The van der Waals surface area contributed by atoms with Gasteiger partial charge in [-0.2, -0.15) is 0 Å². The smallest absolute Gasteiger partial charge is 0.295 e. The van der Waals surface area contributed by atoms with E-state index >= 15 is 0 Å². The van der Waals surface area contributed by atoms with Crippen molar-refractivity contribution in [3.8, 4) is 5.75 Å². The quantitative estimate of drug-likeness (QED) is 0.201. The number of rotatable bonds is 6. The van der Waals surface area contributed by atoms with E-state index in [0.29, 0.717) is 40.1 Å². The van der Waals surface area contributed by atoms with Crippen LogP contribution in [0.1, 0.15) is 50.6 Å². The SMILES string of the molecule is CC(=O)c1ccc(N2C(=O)c3oc4ccc(Br)cc4c(=O)c3C2c2cccc(OCc3ccccc3)c2)cc1. The van der Waals surface area contributed by atoms with Gasteiger partial charge in [0.05, 0.1) is 17.0 Å². The zero-order chi connectivity index (χ0) is 27.1. The maximum absolute atomic E-state index is 13.9. The second-order valence-corrected chi connectivity index (χ2v) is 10.3. The van der Waals surface area contributed by atoms with Crippen LogP contribution < -0.4 is 15.1 Å². The van der Waals surface area contributed by atoms with E-state index in [1.165, 1.54) is 6.92 Å². The molecule has 0 spiro atoms. The number of halogens is 1. The third-order valence-corrected chi connectivity index (χ3v) is 7.30. The minimum Gasteiger partial charge on any atom is -0.489 e. The van der Waals surface area contributed by atoms with Crippen LogP contribution in [-0.4, -0.2) is 11.7 Å². The van der Waals surface area contributed by atoms with Gasteiger partial charge in [-0.05, 0) is 72.6 Å². The third-order valence-electron chi connectivity index (χ3n) is 6.81. The number of ketones is 1. The predicted octanol–water partition coefficient (Wildman–Crippen LogP) is 7.09. The van der Waals surface area contributed by atoms with Gasteiger partial charge in [-0.3, -0.25) is 19.3 Å². The molecular weight excluding hydrogens is 558 g/mol. The fourth-order valence-electron chi connectivity index (χ4n) is 4.90. The zero-order valence-electron chi connectivity index (χ0n) is 20.9. The number of hydrogen-bond donors (Lipinski definition) is 0. The first-order valence-corrected chi connectivity index (χ1v) is 13.2. The fraction of sp³-hybridized carbons (Fsp3) is 0.0938. The Morgan fingerprint density at radius 3 is 2.44 bits per heavy atom. The number of nitrogens with zero attached hydrogens (tertiary/aromatic N) is 1. The molecule has 192 valence electrons. The first-order valence-electron chi connectivity index (χ1n) is 12.4. The highest BCUT2D eigenvalue weighted by Gasteiger charge is 2.43. The Morgan fingerprint density at radius 2 is 1.69 bits per heavy atom. The van der Waals surface area contributed by atoms with Crippen LogP contribution in [0.5, 0.6) is 5.75 Å². The molecule has 0 aliphatic carbocycles. The number of fused-ring (bicyclic) bond motifs is 2. The number of carbonyl (C=O) groups excluding carboxylic acids is 2. The summed E-state index contributed by atoms with van der Waals surface area (Å²) >= 11 is 3.43. The molecule has 6 rings (SSSR count). The summed E-state index contributed by atoms with van der Waals surface area (Å²) in [6.45, 7) is 1.86. The van der Waals surface area contributed by atoms with Crippen molar-refractivity contribution in [2.24, 2.45) is 0 Å². The molecule has 1 amide bonds. The van der Waals surface area contributed by atoms with E-state index in [4.69, 9.17) is 9.15 Å². The Labute approximate surface area is 232 Å². The van der Waals surface area contributed by atoms with Crippen molar-refractivity contribution >= 4 is 44.3 Å². The maximum Gasteiger partial charge on any atom is 0.295 e. The molecule has 1 aromatic heterocycles. The van der Waals surface area contributed by atoms with E-state index in [0.717, 1.165) is 10.0 Å². The second kappa shape index (κ2) is 10.0. The normalized spacial score (nSPS) is 14.5. The van der Waals surface area contributed by atoms with Crippen molar-refractivity contribution < 1.29 is 18.7 Å². The average Bonchev–Trinajstić information content (AvgIpc) is 3.25. The van der Waals surface area contributed by atoms with Gasteiger partial charge >= 0.3 is 0 Å². The van der Waals surface area contributed by atoms with E-state index < -0.39 is 11.9 Å². The number of hydrogen-bond acceptors (Lipinski definition) is 5. The summed E-state index contributed by atoms with van der Waals surface area (Å²) in [4.78, 5) is 41.1. The number of Topliss-reactive ketones (excluding diaryl/α,β-unsaturated/α-hetero) is 1. The van der Waals surface area contributed by atoms with Crippen molar-refractivity contribution in [3.63, 3.8) is 0 Å². The van der Waals surface area contributed by atoms with Crippen molar-refractivity contribution in [3.05, 3.63) is 140 Å². The lowest BCUT2D eigenvalue weighted by Gasteiger charge is -2.25. The lowest BCUT2D eigenvalue weighted by atomic mass is 9.98. The molecule has 1 atom stereocenters. The van der Waals surface area contributed by atoms with Gasteiger partial charge in [0, 0.05) is 15.7 Å². The standard InChI is InChI=1S/C32H22BrNO5/c1-19(35)21-10-13-24(14-11-21)34-29(22-8-5-9-25(16-22)38-18-20-6-3-2-4-7-20)28-30(36)26-17-23(33)12-15-27(26)39-31(28)32(34)37/h2-17,29H,18H2,1H3. The van der Waals surface area contributed by atoms with Gasteiger partial charge in [0.1, 0.15) is 17.9 Å². The number of anilines is 1. The van der Waals surface area contributed by atoms with Gasteiger partial charge in [0.2, 0.25) is 5.76 Å². The molecule has 4 aromatic carbocycles. The molecule has 5 aromatic rings. The van der Waals surface area contributed by atoms with E-state index in [1.54, 1.807) is 47.4 Å². The minimum atomic E-state index is -0.754. The van der Waals surface area contributed by atoms with Gasteiger partial charge in [-0.1, -0.05) is 58.4 Å². The molecule has 1 aliphatic heterocycles. The van der Waals surface area contributed by atoms with E-state index in [2.05, 4.69) is 15.9 Å². The molecule has 0 saturated carbocycles. The van der Waals surface area contributed by atoms with Gasteiger partial charge < -0.3 is 9.15 Å². The van der Waals surface area contributed by atoms with Gasteiger partial charge in [-0.25, -0.2) is 0 Å². The third kappa shape index (κ3) is 4.55. The summed E-state index contributed by atoms with van der Waals surface area (Å²) in [7, 11) is 0. The lowest BCUT2D eigenvalue weighted by Crippen LogP contribution is -2.29. The molecular formula is C32H22BrNO5. The molecule has 0 saturated heterocycles. The van der Waals surface area contributed by atoms with Crippen LogP contribution in [0.3, 0.4) is 0 Å². The molecule has 1 unspecified atom stereocenters. The first kappa shape index (κ1) is 24.8. The lowest BCUT2D eigenvalue weighted by molar-refractivity contribution is 0.0970. The molecule has 0 fully saturated rings. The highest BCUT2D eigenvalue weighted by Crippen LogP contribution is 2.42. The van der Waals surface area contributed by atoms with E-state index in [1.807, 2.05) is 54.6 Å². The Kier molecular flexibility index (Phi) is 6.37. The van der Waals surface area contributed by atoms with Crippen LogP contribution in [0.2, 0.25) is 0 Å². The van der Waals surface area contributed by atoms with Gasteiger partial charge in [-0.15, -0.1) is 0 Å². The largest absolute Gasteiger partial charge is 0.489 e. The Balaban J connectivity index is 1.49. The van der Waals surface area contributed by atoms with Crippen LogP contribution in [-0.2, 0) is 6.61 Å². The molecule has 0 bridgehead atoms. The van der Waals surface area contributed by atoms with Crippen molar-refractivity contribution in [1.29, 1.82) is 0 Å². The van der Waals surface area contributed by atoms with Crippen molar-refractivity contribution in [1.82, 2.24) is 0 Å². The molecule has 7 heteroatoms. The van der Waals surface area contributed by atoms with E-state index in [9.17, 15) is 14.4 Å². The highest BCUT2D eigenvalue weighted by atomic mass is 79.9. The van der Waals surface area contributed by atoms with Gasteiger partial charge in [0.15, 0.2) is 11.2 Å². The fourth-order valence-corrected chi connectivity index (χ4v) is 5.26. The molecule has 0 N–H and O–H groups in total. The predicted molar refractivity (Wildman–Crippen MR) is 152 cm³/mol. The zero-order valence-corrected chi connectivity index (χ0v) is 22.5. The average molecular weight is 580 g/mol. The van der Waals surface area contributed by atoms with Crippen LogP contribution in [0, 0.1) is 0 Å². The Hall–Kier alpha value is -4.49. The summed E-state index contributed by atoms with van der Waals surface area (Å²) in [5, 5.41) is 0.381. The number of ether oxygens (including phenoxy) is 1. The highest BCUT2D eigenvalue weighted by molar-refractivity contribution is 9.10. The maximum atomic E-state index is 13.9. The minimum absolute atomic E-state index is 0.00562. The summed E-state index contributed by atoms with van der Waals surface area (Å²) in [5.74, 6) is 0.109. The molecule has 0 radical (unpaired) electrons. The van der Waals surface area contributed by atoms with Crippen molar-refractivity contribution in [2.45, 2.75) is 19.6 Å². The van der Waals surface area contributed by atoms with Crippen LogP contribution in [0.4, 0.5) is 5.69 Å². The Morgan fingerprint density at radius 1 is 0.923 bits per heavy atom. The molecule has 1 aliphatic rings. The monoisotopic (exact) mass is 579 g/mol. The summed E-state index contributed by atoms with van der Waals surface area (Å²) in [6, 6.07) is 28.4. The van der Waals surface area contributed by atoms with Crippen molar-refractivity contribution in [2.75, 3.05) is 4.90 Å². The van der Waals surface area contributed by atoms with Crippen LogP contribution in [0.15, 0.2) is 111 Å². The first-order chi connectivity index (χ1) is 18.9. The van der Waals surface area contributed by atoms with Crippen LogP contribution in [0.25, 0.3) is 11.0 Å². The Bertz CT molecular complexity index is 1790. The summed E-state index contributed by atoms with van der Waals surface area (Å²) < 4.78 is 12.8. The van der Waals surface area contributed by atoms with Gasteiger partial charge in [0.25, 0.3) is 5.91 Å². The topological polar surface area (TPSA) is 76.8 Å². The molecule has 39 heavy (non-hydrogen) atoms. The molecule has 6 nitrogen and oxygen atoms in total. The number of carbonyl (C=O) groups is 2. The second-order valence-electron chi connectivity index (χ2n) is 9.34. The van der Waals surface area contributed by atoms with E-state index in [-0.39, 0.29) is 22.5 Å².